The lowest BCUT2D eigenvalue weighted by Crippen LogP contribution is -2.42. The van der Waals surface area contributed by atoms with E-state index in [-0.39, 0.29) is 25.7 Å². The predicted octanol–water partition coefficient (Wildman–Crippen LogP) is 3.78. The molecule has 1 fully saturated rings. The number of rotatable bonds is 3. The molecule has 0 unspecified atom stereocenters. The lowest BCUT2D eigenvalue weighted by atomic mass is 9.68. The van der Waals surface area contributed by atoms with E-state index >= 15 is 0 Å². The lowest BCUT2D eigenvalue weighted by molar-refractivity contribution is -0.149. The van der Waals surface area contributed by atoms with E-state index < -0.39 is 17.3 Å². The quantitative estimate of drug-likeness (QED) is 0.905. The van der Waals surface area contributed by atoms with Crippen LogP contribution >= 0.6 is 0 Å². The Morgan fingerprint density at radius 3 is 2.42 bits per heavy atom. The third kappa shape index (κ3) is 2.62. The van der Waals surface area contributed by atoms with E-state index in [4.69, 9.17) is 0 Å². The molecule has 2 rings (SSSR count). The van der Waals surface area contributed by atoms with E-state index in [0.29, 0.717) is 5.56 Å². The van der Waals surface area contributed by atoms with Crippen molar-refractivity contribution in [2.45, 2.75) is 50.4 Å². The number of aliphatic carboxylic acids is 1. The number of hydrogen-bond acceptors (Lipinski definition) is 1. The van der Waals surface area contributed by atoms with Crippen molar-refractivity contribution in [2.75, 3.05) is 0 Å². The van der Waals surface area contributed by atoms with Gasteiger partial charge in [0.2, 0.25) is 5.92 Å². The summed E-state index contributed by atoms with van der Waals surface area (Å²) >= 11 is 0. The molecule has 1 aromatic rings. The van der Waals surface area contributed by atoms with Gasteiger partial charge in [0.25, 0.3) is 0 Å². The molecule has 19 heavy (non-hydrogen) atoms. The summed E-state index contributed by atoms with van der Waals surface area (Å²) in [5.74, 6) is -3.71. The average molecular weight is 268 g/mol. The molecule has 2 nitrogen and oxygen atoms in total. The molecule has 1 N–H and O–H groups in total. The number of alkyl halides is 2. The number of halogens is 2. The molecule has 1 aliphatic rings. The molecule has 0 aliphatic heterocycles. The molecule has 1 aliphatic carbocycles. The molecular weight excluding hydrogens is 250 g/mol. The first-order chi connectivity index (χ1) is 8.89. The molecule has 0 spiro atoms. The molecule has 1 aromatic carbocycles. The number of aryl methyl sites for hydroxylation is 1. The van der Waals surface area contributed by atoms with Crippen molar-refractivity contribution in [1.29, 1.82) is 0 Å². The maximum Gasteiger partial charge on any atom is 0.314 e. The van der Waals surface area contributed by atoms with Crippen molar-refractivity contribution in [1.82, 2.24) is 0 Å². The third-order valence-corrected chi connectivity index (χ3v) is 4.13. The fraction of sp³-hybridized carbons (Fsp3) is 0.533. The van der Waals surface area contributed by atoms with Gasteiger partial charge < -0.3 is 5.11 Å². The zero-order valence-electron chi connectivity index (χ0n) is 11.0. The van der Waals surface area contributed by atoms with Crippen molar-refractivity contribution in [3.63, 3.8) is 0 Å². The number of benzene rings is 1. The van der Waals surface area contributed by atoms with Gasteiger partial charge in [0.15, 0.2) is 0 Å². The second kappa shape index (κ2) is 4.91. The Kier molecular flexibility index (Phi) is 3.61. The minimum absolute atomic E-state index is 0.00248. The molecule has 0 amide bonds. The summed E-state index contributed by atoms with van der Waals surface area (Å²) in [6.45, 7) is 1.99. The summed E-state index contributed by atoms with van der Waals surface area (Å²) in [7, 11) is 0. The van der Waals surface area contributed by atoms with Gasteiger partial charge in [-0.1, -0.05) is 31.2 Å². The van der Waals surface area contributed by atoms with Crippen molar-refractivity contribution in [3.05, 3.63) is 35.4 Å². The molecule has 0 atom stereocenters. The second-order valence-electron chi connectivity index (χ2n) is 5.30. The van der Waals surface area contributed by atoms with Crippen LogP contribution in [-0.2, 0) is 16.6 Å². The Bertz CT molecular complexity index is 473. The summed E-state index contributed by atoms with van der Waals surface area (Å²) in [5.41, 5.74) is 0.553. The standard InChI is InChI=1S/C15H18F2O2/c1-2-11-4-3-5-12(10-11)14(13(18)19)6-8-15(16,17)9-7-14/h3-5,10H,2,6-9H2,1H3,(H,18,19). The van der Waals surface area contributed by atoms with E-state index in [1.165, 1.54) is 0 Å². The van der Waals surface area contributed by atoms with Crippen LogP contribution in [0, 0.1) is 0 Å². The zero-order chi connectivity index (χ0) is 14.1. The van der Waals surface area contributed by atoms with Crippen LogP contribution in [0.2, 0.25) is 0 Å². The fourth-order valence-electron chi connectivity index (χ4n) is 2.76. The summed E-state index contributed by atoms with van der Waals surface area (Å²) in [4.78, 5) is 11.6. The fourth-order valence-corrected chi connectivity index (χ4v) is 2.76. The Hall–Kier alpha value is -1.45. The summed E-state index contributed by atoms with van der Waals surface area (Å²) in [6, 6.07) is 7.33. The van der Waals surface area contributed by atoms with Gasteiger partial charge in [-0.15, -0.1) is 0 Å². The van der Waals surface area contributed by atoms with E-state index in [1.54, 1.807) is 6.07 Å². The molecule has 0 saturated heterocycles. The molecule has 0 bridgehead atoms. The molecule has 4 heteroatoms. The van der Waals surface area contributed by atoms with Gasteiger partial charge in [0.05, 0.1) is 5.41 Å². The third-order valence-electron chi connectivity index (χ3n) is 4.13. The van der Waals surface area contributed by atoms with Gasteiger partial charge in [0.1, 0.15) is 0 Å². The van der Waals surface area contributed by atoms with Crippen LogP contribution in [0.25, 0.3) is 0 Å². The molecule has 0 aromatic heterocycles. The predicted molar refractivity (Wildman–Crippen MR) is 68.5 cm³/mol. The van der Waals surface area contributed by atoms with Crippen LogP contribution in [0.3, 0.4) is 0 Å². The van der Waals surface area contributed by atoms with E-state index in [2.05, 4.69) is 0 Å². The van der Waals surface area contributed by atoms with Crippen LogP contribution < -0.4 is 0 Å². The van der Waals surface area contributed by atoms with E-state index in [1.807, 2.05) is 25.1 Å². The van der Waals surface area contributed by atoms with Crippen molar-refractivity contribution in [2.24, 2.45) is 0 Å². The summed E-state index contributed by atoms with van der Waals surface area (Å²) < 4.78 is 26.6. The molecule has 0 radical (unpaired) electrons. The van der Waals surface area contributed by atoms with Gasteiger partial charge in [-0.2, -0.15) is 0 Å². The highest BCUT2D eigenvalue weighted by atomic mass is 19.3. The van der Waals surface area contributed by atoms with Crippen LogP contribution in [0.1, 0.15) is 43.7 Å². The van der Waals surface area contributed by atoms with Crippen LogP contribution in [0.15, 0.2) is 24.3 Å². The van der Waals surface area contributed by atoms with Crippen LogP contribution in [0.5, 0.6) is 0 Å². The van der Waals surface area contributed by atoms with Crippen LogP contribution in [-0.4, -0.2) is 17.0 Å². The molecular formula is C15H18F2O2. The van der Waals surface area contributed by atoms with Crippen molar-refractivity contribution >= 4 is 5.97 Å². The highest BCUT2D eigenvalue weighted by Gasteiger charge is 2.49. The summed E-state index contributed by atoms with van der Waals surface area (Å²) in [6.07, 6.45) is 0.107. The maximum atomic E-state index is 13.3. The molecule has 1 saturated carbocycles. The molecule has 104 valence electrons. The SMILES string of the molecule is CCc1cccc(C2(C(=O)O)CCC(F)(F)CC2)c1. The first-order valence-electron chi connectivity index (χ1n) is 6.60. The average Bonchev–Trinajstić information content (AvgIpc) is 2.39. The van der Waals surface area contributed by atoms with E-state index in [9.17, 15) is 18.7 Å². The normalized spacial score (nSPS) is 21.0. The van der Waals surface area contributed by atoms with Crippen molar-refractivity contribution in [3.8, 4) is 0 Å². The maximum absolute atomic E-state index is 13.3. The van der Waals surface area contributed by atoms with Crippen molar-refractivity contribution < 1.29 is 18.7 Å². The van der Waals surface area contributed by atoms with Gasteiger partial charge in [-0.3, -0.25) is 4.79 Å². The topological polar surface area (TPSA) is 37.3 Å². The summed E-state index contributed by atoms with van der Waals surface area (Å²) in [5, 5.41) is 9.53. The van der Waals surface area contributed by atoms with Gasteiger partial charge in [-0.05, 0) is 30.4 Å². The first kappa shape index (κ1) is 14.0. The Labute approximate surface area is 111 Å². The Balaban J connectivity index is 2.38. The second-order valence-corrected chi connectivity index (χ2v) is 5.30. The Morgan fingerprint density at radius 1 is 1.26 bits per heavy atom. The largest absolute Gasteiger partial charge is 0.481 e. The highest BCUT2D eigenvalue weighted by Crippen LogP contribution is 2.45. The number of hydrogen-bond donors (Lipinski definition) is 1. The molecule has 0 heterocycles. The highest BCUT2D eigenvalue weighted by molar-refractivity contribution is 5.81. The van der Waals surface area contributed by atoms with E-state index in [0.717, 1.165) is 12.0 Å². The number of carbonyl (C=O) groups is 1. The van der Waals surface area contributed by atoms with Gasteiger partial charge in [-0.25, -0.2) is 8.78 Å². The first-order valence-corrected chi connectivity index (χ1v) is 6.60. The number of carboxylic acids is 1. The Morgan fingerprint density at radius 2 is 1.89 bits per heavy atom. The lowest BCUT2D eigenvalue weighted by Gasteiger charge is -2.37. The van der Waals surface area contributed by atoms with Crippen LogP contribution in [0.4, 0.5) is 8.78 Å². The zero-order valence-corrected chi connectivity index (χ0v) is 11.0. The van der Waals surface area contributed by atoms with Gasteiger partial charge in [0, 0.05) is 12.8 Å². The minimum Gasteiger partial charge on any atom is -0.481 e. The monoisotopic (exact) mass is 268 g/mol. The smallest absolute Gasteiger partial charge is 0.314 e. The van der Waals surface area contributed by atoms with Gasteiger partial charge >= 0.3 is 5.97 Å². The minimum atomic E-state index is -2.72. The number of carboxylic acid groups (broad SMARTS) is 1.